The van der Waals surface area contributed by atoms with Crippen LogP contribution in [0.1, 0.15) is 36.2 Å². The van der Waals surface area contributed by atoms with Crippen molar-refractivity contribution in [1.82, 2.24) is 15.1 Å². The van der Waals surface area contributed by atoms with Crippen molar-refractivity contribution in [2.75, 3.05) is 6.61 Å². The molecule has 2 N–H and O–H groups in total. The molecule has 1 aromatic rings. The van der Waals surface area contributed by atoms with Crippen LogP contribution in [0.4, 0.5) is 0 Å². The van der Waals surface area contributed by atoms with Crippen molar-refractivity contribution in [3.8, 4) is 0 Å². The molecular weight excluding hydrogens is 218 g/mol. The highest BCUT2D eigenvalue weighted by atomic mass is 16.3. The Morgan fingerprint density at radius 1 is 1.59 bits per heavy atom. The Bertz CT molecular complexity index is 389. The van der Waals surface area contributed by atoms with Crippen molar-refractivity contribution in [1.29, 1.82) is 0 Å². The van der Waals surface area contributed by atoms with E-state index >= 15 is 0 Å². The fourth-order valence-corrected chi connectivity index (χ4v) is 2.39. The SMILES string of the molecule is Cn1ccc(C(=O)NC2CCCCC2CO)n1. The molecule has 1 saturated carbocycles. The highest BCUT2D eigenvalue weighted by molar-refractivity contribution is 5.92. The van der Waals surface area contributed by atoms with Crippen LogP contribution >= 0.6 is 0 Å². The summed E-state index contributed by atoms with van der Waals surface area (Å²) in [6.45, 7) is 0.146. The van der Waals surface area contributed by atoms with Gasteiger partial charge in [-0.05, 0) is 18.9 Å². The highest BCUT2D eigenvalue weighted by Gasteiger charge is 2.26. The number of hydrogen-bond acceptors (Lipinski definition) is 3. The number of aliphatic hydroxyl groups is 1. The van der Waals surface area contributed by atoms with E-state index in [-0.39, 0.29) is 24.5 Å². The Balaban J connectivity index is 1.97. The van der Waals surface area contributed by atoms with Gasteiger partial charge in [-0.25, -0.2) is 0 Å². The van der Waals surface area contributed by atoms with Crippen LogP contribution in [-0.2, 0) is 7.05 Å². The van der Waals surface area contributed by atoms with Gasteiger partial charge in [0.25, 0.3) is 5.91 Å². The Morgan fingerprint density at radius 3 is 3.00 bits per heavy atom. The maximum Gasteiger partial charge on any atom is 0.272 e. The number of nitrogens with zero attached hydrogens (tertiary/aromatic N) is 2. The largest absolute Gasteiger partial charge is 0.396 e. The second kappa shape index (κ2) is 5.31. The summed E-state index contributed by atoms with van der Waals surface area (Å²) in [4.78, 5) is 11.9. The molecule has 1 amide bonds. The number of carbonyl (C=O) groups excluding carboxylic acids is 1. The Morgan fingerprint density at radius 2 is 2.35 bits per heavy atom. The summed E-state index contributed by atoms with van der Waals surface area (Å²) in [6, 6.07) is 1.79. The number of hydrogen-bond donors (Lipinski definition) is 2. The van der Waals surface area contributed by atoms with Gasteiger partial charge in [-0.15, -0.1) is 0 Å². The van der Waals surface area contributed by atoms with Gasteiger partial charge in [0.1, 0.15) is 5.69 Å². The molecule has 1 heterocycles. The Labute approximate surface area is 101 Å². The third-order valence-corrected chi connectivity index (χ3v) is 3.41. The molecular formula is C12H19N3O2. The van der Waals surface area contributed by atoms with Gasteiger partial charge in [0, 0.05) is 31.8 Å². The zero-order valence-corrected chi connectivity index (χ0v) is 10.1. The van der Waals surface area contributed by atoms with E-state index in [1.54, 1.807) is 24.0 Å². The van der Waals surface area contributed by atoms with Crippen molar-refractivity contribution in [2.45, 2.75) is 31.7 Å². The summed E-state index contributed by atoms with van der Waals surface area (Å²) in [7, 11) is 1.79. The van der Waals surface area contributed by atoms with E-state index in [9.17, 15) is 9.90 Å². The summed E-state index contributed by atoms with van der Waals surface area (Å²) in [5, 5.41) is 16.3. The molecule has 0 radical (unpaired) electrons. The molecule has 0 spiro atoms. The third-order valence-electron chi connectivity index (χ3n) is 3.41. The van der Waals surface area contributed by atoms with E-state index in [2.05, 4.69) is 10.4 Å². The van der Waals surface area contributed by atoms with E-state index in [1.165, 1.54) is 0 Å². The minimum atomic E-state index is -0.143. The molecule has 0 aliphatic heterocycles. The van der Waals surface area contributed by atoms with Crippen LogP contribution in [0.15, 0.2) is 12.3 Å². The van der Waals surface area contributed by atoms with Gasteiger partial charge in [0.2, 0.25) is 0 Å². The van der Waals surface area contributed by atoms with Crippen LogP contribution < -0.4 is 5.32 Å². The molecule has 2 atom stereocenters. The molecule has 0 aromatic carbocycles. The van der Waals surface area contributed by atoms with Gasteiger partial charge in [-0.3, -0.25) is 9.48 Å². The molecule has 2 rings (SSSR count). The van der Waals surface area contributed by atoms with Gasteiger partial charge < -0.3 is 10.4 Å². The first-order chi connectivity index (χ1) is 8.20. The number of rotatable bonds is 3. The molecule has 1 aliphatic rings. The number of aromatic nitrogens is 2. The fourth-order valence-electron chi connectivity index (χ4n) is 2.39. The normalized spacial score (nSPS) is 24.6. The number of amides is 1. The molecule has 1 aliphatic carbocycles. The topological polar surface area (TPSA) is 67.2 Å². The summed E-state index contributed by atoms with van der Waals surface area (Å²) < 4.78 is 1.61. The minimum Gasteiger partial charge on any atom is -0.396 e. The van der Waals surface area contributed by atoms with Crippen molar-refractivity contribution >= 4 is 5.91 Å². The zero-order chi connectivity index (χ0) is 12.3. The quantitative estimate of drug-likeness (QED) is 0.813. The van der Waals surface area contributed by atoms with Crippen LogP contribution in [0, 0.1) is 5.92 Å². The van der Waals surface area contributed by atoms with E-state index in [1.807, 2.05) is 0 Å². The minimum absolute atomic E-state index is 0.0863. The smallest absolute Gasteiger partial charge is 0.272 e. The number of nitrogens with one attached hydrogen (secondary N) is 1. The molecule has 94 valence electrons. The summed E-state index contributed by atoms with van der Waals surface area (Å²) in [5.41, 5.74) is 0.440. The summed E-state index contributed by atoms with van der Waals surface area (Å²) in [5.74, 6) is 0.0485. The van der Waals surface area contributed by atoms with E-state index in [0.29, 0.717) is 5.69 Å². The van der Waals surface area contributed by atoms with E-state index in [4.69, 9.17) is 0 Å². The first kappa shape index (κ1) is 12.1. The molecule has 5 heteroatoms. The van der Waals surface area contributed by atoms with Crippen LogP contribution in [-0.4, -0.2) is 33.4 Å². The fraction of sp³-hybridized carbons (Fsp3) is 0.667. The second-order valence-electron chi connectivity index (χ2n) is 4.68. The van der Waals surface area contributed by atoms with Gasteiger partial charge in [0.15, 0.2) is 0 Å². The molecule has 1 fully saturated rings. The van der Waals surface area contributed by atoms with Crippen molar-refractivity contribution in [2.24, 2.45) is 13.0 Å². The van der Waals surface area contributed by atoms with Crippen LogP contribution in [0.2, 0.25) is 0 Å². The summed E-state index contributed by atoms with van der Waals surface area (Å²) in [6.07, 6.45) is 5.94. The lowest BCUT2D eigenvalue weighted by Gasteiger charge is -2.30. The average molecular weight is 237 g/mol. The molecule has 5 nitrogen and oxygen atoms in total. The van der Waals surface area contributed by atoms with Crippen LogP contribution in [0.3, 0.4) is 0 Å². The average Bonchev–Trinajstić information content (AvgIpc) is 2.77. The lowest BCUT2D eigenvalue weighted by Crippen LogP contribution is -2.43. The molecule has 0 saturated heterocycles. The standard InChI is InChI=1S/C12H19N3O2/c1-15-7-6-11(14-15)12(17)13-10-5-3-2-4-9(10)8-16/h6-7,9-10,16H,2-5,8H2,1H3,(H,13,17). The van der Waals surface area contributed by atoms with Crippen LogP contribution in [0.25, 0.3) is 0 Å². The van der Waals surface area contributed by atoms with Crippen molar-refractivity contribution in [3.63, 3.8) is 0 Å². The van der Waals surface area contributed by atoms with Gasteiger partial charge in [-0.2, -0.15) is 5.10 Å². The first-order valence-electron chi connectivity index (χ1n) is 6.12. The van der Waals surface area contributed by atoms with Crippen molar-refractivity contribution in [3.05, 3.63) is 18.0 Å². The monoisotopic (exact) mass is 237 g/mol. The van der Waals surface area contributed by atoms with E-state index in [0.717, 1.165) is 25.7 Å². The molecule has 0 bridgehead atoms. The zero-order valence-electron chi connectivity index (χ0n) is 10.1. The third kappa shape index (κ3) is 2.85. The second-order valence-corrected chi connectivity index (χ2v) is 4.68. The predicted octanol–water partition coefficient (Wildman–Crippen LogP) is 0.701. The first-order valence-corrected chi connectivity index (χ1v) is 6.12. The Hall–Kier alpha value is -1.36. The maximum atomic E-state index is 11.9. The van der Waals surface area contributed by atoms with Gasteiger partial charge in [0.05, 0.1) is 0 Å². The number of aryl methyl sites for hydroxylation is 1. The highest BCUT2D eigenvalue weighted by Crippen LogP contribution is 2.24. The van der Waals surface area contributed by atoms with Crippen LogP contribution in [0.5, 0.6) is 0 Å². The molecule has 17 heavy (non-hydrogen) atoms. The van der Waals surface area contributed by atoms with Gasteiger partial charge in [-0.1, -0.05) is 12.8 Å². The Kier molecular flexibility index (Phi) is 3.78. The predicted molar refractivity (Wildman–Crippen MR) is 63.5 cm³/mol. The summed E-state index contributed by atoms with van der Waals surface area (Å²) >= 11 is 0. The number of carbonyl (C=O) groups is 1. The van der Waals surface area contributed by atoms with Gasteiger partial charge >= 0.3 is 0 Å². The number of aliphatic hydroxyl groups excluding tert-OH is 1. The van der Waals surface area contributed by atoms with E-state index < -0.39 is 0 Å². The lowest BCUT2D eigenvalue weighted by atomic mass is 9.85. The maximum absolute atomic E-state index is 11.9. The van der Waals surface area contributed by atoms with Crippen molar-refractivity contribution < 1.29 is 9.90 Å². The molecule has 1 aromatic heterocycles. The molecule has 2 unspecified atom stereocenters. The lowest BCUT2D eigenvalue weighted by molar-refractivity contribution is 0.0867.